The van der Waals surface area contributed by atoms with E-state index in [4.69, 9.17) is 9.47 Å². The van der Waals surface area contributed by atoms with Crippen molar-refractivity contribution in [3.63, 3.8) is 0 Å². The highest BCUT2D eigenvalue weighted by atomic mass is 19.4. The predicted octanol–water partition coefficient (Wildman–Crippen LogP) is 1.24. The second kappa shape index (κ2) is 7.33. The van der Waals surface area contributed by atoms with Crippen LogP contribution in [0.15, 0.2) is 24.3 Å². The number of halogens is 3. The van der Waals surface area contributed by atoms with Gasteiger partial charge in [0.25, 0.3) is 5.91 Å². The molecule has 0 spiro atoms. The second-order valence-electron chi connectivity index (χ2n) is 8.21. The van der Waals surface area contributed by atoms with Crippen molar-refractivity contribution >= 4 is 11.7 Å². The van der Waals surface area contributed by atoms with Gasteiger partial charge in [0.2, 0.25) is 6.79 Å². The molecule has 0 aliphatic carbocycles. The van der Waals surface area contributed by atoms with Crippen LogP contribution in [-0.4, -0.2) is 66.8 Å². The lowest BCUT2D eigenvalue weighted by molar-refractivity contribution is -0.883. The summed E-state index contributed by atoms with van der Waals surface area (Å²) in [6.07, 6.45) is -4.75. The summed E-state index contributed by atoms with van der Waals surface area (Å²) < 4.78 is 53.3. The first kappa shape index (κ1) is 20.0. The van der Waals surface area contributed by atoms with Crippen molar-refractivity contribution in [3.05, 3.63) is 35.5 Å². The number of aromatic nitrogens is 2. The predicted molar refractivity (Wildman–Crippen MR) is 103 cm³/mol. The SMILES string of the molecule is C[NH+]1CCN(C(=O)c2cc3n(n2)[C@H](C(F)(F)F)C[C@@H](c2ccc4c(c2)OCO4)N3)CC1. The first-order chi connectivity index (χ1) is 14.8. The molecule has 0 saturated carbocycles. The Balaban J connectivity index is 1.44. The van der Waals surface area contributed by atoms with Crippen LogP contribution in [0.25, 0.3) is 0 Å². The van der Waals surface area contributed by atoms with Gasteiger partial charge in [0.15, 0.2) is 23.2 Å². The molecule has 2 N–H and O–H groups in total. The van der Waals surface area contributed by atoms with Gasteiger partial charge in [-0.3, -0.25) is 4.79 Å². The van der Waals surface area contributed by atoms with Gasteiger partial charge >= 0.3 is 6.18 Å². The van der Waals surface area contributed by atoms with Crippen LogP contribution in [0, 0.1) is 0 Å². The molecule has 11 heteroatoms. The van der Waals surface area contributed by atoms with Gasteiger partial charge in [0.1, 0.15) is 5.82 Å². The summed E-state index contributed by atoms with van der Waals surface area (Å²) in [4.78, 5) is 15.8. The number of amides is 1. The van der Waals surface area contributed by atoms with Crippen molar-refractivity contribution in [3.8, 4) is 11.5 Å². The Bertz CT molecular complexity index is 1000. The van der Waals surface area contributed by atoms with E-state index in [1.807, 2.05) is 7.05 Å². The highest BCUT2D eigenvalue weighted by molar-refractivity contribution is 5.93. The molecule has 2 atom stereocenters. The minimum atomic E-state index is -4.50. The lowest BCUT2D eigenvalue weighted by Gasteiger charge is -2.33. The third-order valence-corrected chi connectivity index (χ3v) is 6.11. The molecule has 4 heterocycles. The Kier molecular flexibility index (Phi) is 4.72. The quantitative estimate of drug-likeness (QED) is 0.739. The van der Waals surface area contributed by atoms with E-state index >= 15 is 0 Å². The van der Waals surface area contributed by atoms with Gasteiger partial charge in [-0.1, -0.05) is 6.07 Å². The van der Waals surface area contributed by atoms with Crippen molar-refractivity contribution in [1.29, 1.82) is 0 Å². The molecule has 0 radical (unpaired) electrons. The highest BCUT2D eigenvalue weighted by Crippen LogP contribution is 2.45. The number of quaternary nitrogens is 1. The molecule has 1 fully saturated rings. The number of piperazine rings is 1. The van der Waals surface area contributed by atoms with E-state index in [1.165, 1.54) is 11.0 Å². The van der Waals surface area contributed by atoms with Crippen molar-refractivity contribution in [2.24, 2.45) is 0 Å². The average Bonchev–Trinajstić information content (AvgIpc) is 3.38. The van der Waals surface area contributed by atoms with Crippen LogP contribution >= 0.6 is 0 Å². The van der Waals surface area contributed by atoms with Gasteiger partial charge in [-0.15, -0.1) is 0 Å². The Hall–Kier alpha value is -2.95. The third-order valence-electron chi connectivity index (χ3n) is 6.11. The van der Waals surface area contributed by atoms with Gasteiger partial charge < -0.3 is 24.6 Å². The van der Waals surface area contributed by atoms with Crippen molar-refractivity contribution in [2.45, 2.75) is 24.7 Å². The summed E-state index contributed by atoms with van der Waals surface area (Å²) in [6.45, 7) is 2.81. The van der Waals surface area contributed by atoms with E-state index < -0.39 is 18.3 Å². The van der Waals surface area contributed by atoms with Crippen LogP contribution in [0.4, 0.5) is 19.0 Å². The van der Waals surface area contributed by atoms with Gasteiger partial charge in [-0.25, -0.2) is 4.68 Å². The monoisotopic (exact) mass is 438 g/mol. The van der Waals surface area contributed by atoms with E-state index in [9.17, 15) is 18.0 Å². The van der Waals surface area contributed by atoms with E-state index in [-0.39, 0.29) is 30.6 Å². The molecule has 0 bridgehead atoms. The smallest absolute Gasteiger partial charge is 0.410 e. The van der Waals surface area contributed by atoms with E-state index in [0.717, 1.165) is 17.8 Å². The van der Waals surface area contributed by atoms with Gasteiger partial charge in [-0.2, -0.15) is 18.3 Å². The number of anilines is 1. The first-order valence-electron chi connectivity index (χ1n) is 10.2. The molecule has 3 aliphatic heterocycles. The number of carbonyl (C=O) groups excluding carboxylic acids is 1. The number of nitrogens with zero attached hydrogens (tertiary/aromatic N) is 3. The zero-order valence-corrected chi connectivity index (χ0v) is 16.9. The van der Waals surface area contributed by atoms with Crippen molar-refractivity contribution in [1.82, 2.24) is 14.7 Å². The molecule has 1 aromatic carbocycles. The molecule has 2 aromatic rings. The van der Waals surface area contributed by atoms with E-state index in [0.29, 0.717) is 30.2 Å². The molecule has 1 amide bonds. The average molecular weight is 438 g/mol. The fourth-order valence-electron chi connectivity index (χ4n) is 4.28. The number of benzene rings is 1. The lowest BCUT2D eigenvalue weighted by Crippen LogP contribution is -3.12. The molecule has 31 heavy (non-hydrogen) atoms. The largest absolute Gasteiger partial charge is 0.454 e. The van der Waals surface area contributed by atoms with Crippen LogP contribution in [0.1, 0.15) is 34.6 Å². The van der Waals surface area contributed by atoms with Gasteiger partial charge in [-0.05, 0) is 17.7 Å². The molecule has 5 rings (SSSR count). The summed E-state index contributed by atoms with van der Waals surface area (Å²) in [5.41, 5.74) is 0.684. The number of rotatable bonds is 2. The van der Waals surface area contributed by atoms with Crippen LogP contribution in [0.5, 0.6) is 11.5 Å². The maximum Gasteiger partial charge on any atom is 0.410 e. The Morgan fingerprint density at radius 3 is 2.68 bits per heavy atom. The van der Waals surface area contributed by atoms with Gasteiger partial charge in [0, 0.05) is 12.5 Å². The lowest BCUT2D eigenvalue weighted by atomic mass is 9.96. The molecule has 1 saturated heterocycles. The van der Waals surface area contributed by atoms with Crippen LogP contribution in [-0.2, 0) is 0 Å². The number of carbonyl (C=O) groups is 1. The van der Waals surface area contributed by atoms with Crippen molar-refractivity contribution < 1.29 is 32.3 Å². The number of hydrogen-bond acceptors (Lipinski definition) is 5. The summed E-state index contributed by atoms with van der Waals surface area (Å²) >= 11 is 0. The Morgan fingerprint density at radius 2 is 1.94 bits per heavy atom. The maximum atomic E-state index is 13.9. The third kappa shape index (κ3) is 3.67. The number of hydrogen-bond donors (Lipinski definition) is 2. The fourth-order valence-corrected chi connectivity index (χ4v) is 4.28. The summed E-state index contributed by atoms with van der Waals surface area (Å²) in [6, 6.07) is 4.09. The molecule has 3 aliphatic rings. The summed E-state index contributed by atoms with van der Waals surface area (Å²) in [5.74, 6) is 0.921. The minimum absolute atomic E-state index is 0.0302. The first-order valence-corrected chi connectivity index (χ1v) is 10.2. The second-order valence-corrected chi connectivity index (χ2v) is 8.21. The number of ether oxygens (including phenoxy) is 2. The standard InChI is InChI=1S/C20H22F3N5O3/c1-26-4-6-27(7-5-26)19(29)14-10-18-24-13(9-17(20(21,22)23)28(18)25-14)12-2-3-15-16(8-12)31-11-30-15/h2-3,8,10,13,17,24H,4-7,9,11H2,1H3/p+1/t13-,17-/m0/s1. The van der Waals surface area contributed by atoms with E-state index in [1.54, 1.807) is 23.1 Å². The van der Waals surface area contributed by atoms with Crippen LogP contribution in [0.2, 0.25) is 0 Å². The number of fused-ring (bicyclic) bond motifs is 2. The summed E-state index contributed by atoms with van der Waals surface area (Å²) in [5, 5.41) is 7.19. The topological polar surface area (TPSA) is 73.1 Å². The van der Waals surface area contributed by atoms with Crippen LogP contribution in [0.3, 0.4) is 0 Å². The zero-order chi connectivity index (χ0) is 21.8. The fraction of sp³-hybridized carbons (Fsp3) is 0.500. The van der Waals surface area contributed by atoms with Crippen molar-refractivity contribution in [2.75, 3.05) is 45.3 Å². The summed E-state index contributed by atoms with van der Waals surface area (Å²) in [7, 11) is 2.05. The minimum Gasteiger partial charge on any atom is -0.454 e. The van der Waals surface area contributed by atoms with Crippen LogP contribution < -0.4 is 19.7 Å². The molecular weight excluding hydrogens is 415 g/mol. The molecule has 8 nitrogen and oxygen atoms in total. The zero-order valence-electron chi connectivity index (χ0n) is 16.9. The maximum absolute atomic E-state index is 13.9. The van der Waals surface area contributed by atoms with E-state index in [2.05, 4.69) is 10.4 Å². The number of likely N-dealkylation sites (N-methyl/N-ethyl adjacent to an activating group) is 1. The normalized spacial score (nSPS) is 23.4. The van der Waals surface area contributed by atoms with Gasteiger partial charge in [0.05, 0.1) is 39.3 Å². The molecular formula is C20H23F3N5O3+. The molecule has 1 aromatic heterocycles. The Labute approximate surface area is 176 Å². The highest BCUT2D eigenvalue weighted by Gasteiger charge is 2.47. The number of nitrogens with one attached hydrogen (secondary N) is 2. The molecule has 0 unspecified atom stereocenters. The number of alkyl halides is 3. The molecule has 166 valence electrons. The Morgan fingerprint density at radius 1 is 1.19 bits per heavy atom.